The lowest BCUT2D eigenvalue weighted by Gasteiger charge is -2.07. The minimum Gasteiger partial charge on any atom is -0.464 e. The summed E-state index contributed by atoms with van der Waals surface area (Å²) in [7, 11) is 0. The first kappa shape index (κ1) is 15.7. The van der Waals surface area contributed by atoms with Gasteiger partial charge in [-0.2, -0.15) is 5.10 Å². The molecule has 0 spiro atoms. The number of nitrogens with zero attached hydrogens (tertiary/aromatic N) is 2. The second-order valence-corrected chi connectivity index (χ2v) is 6.25. The Morgan fingerprint density at radius 3 is 2.64 bits per heavy atom. The molecular weight excluding hydrogens is 312 g/mol. The summed E-state index contributed by atoms with van der Waals surface area (Å²) in [6, 6.07) is 18.4. The molecule has 0 aliphatic carbocycles. The molecule has 0 fully saturated rings. The summed E-state index contributed by atoms with van der Waals surface area (Å²) in [5, 5.41) is 15.4. The van der Waals surface area contributed by atoms with E-state index in [0.29, 0.717) is 5.69 Å². The van der Waals surface area contributed by atoms with E-state index in [0.717, 1.165) is 40.8 Å². The Morgan fingerprint density at radius 1 is 1.08 bits per heavy atom. The van der Waals surface area contributed by atoms with Crippen LogP contribution in [0.4, 0.5) is 0 Å². The fourth-order valence-electron chi connectivity index (χ4n) is 3.31. The van der Waals surface area contributed by atoms with Gasteiger partial charge in [-0.15, -0.1) is 0 Å². The molecule has 0 amide bonds. The molecule has 2 aromatic carbocycles. The first-order chi connectivity index (χ1) is 12.3. The van der Waals surface area contributed by atoms with Crippen molar-refractivity contribution in [2.24, 2.45) is 0 Å². The van der Waals surface area contributed by atoms with Gasteiger partial charge in [0.25, 0.3) is 0 Å². The van der Waals surface area contributed by atoms with Gasteiger partial charge < -0.3 is 9.52 Å². The number of rotatable bonds is 5. The van der Waals surface area contributed by atoms with Crippen LogP contribution >= 0.6 is 0 Å². The van der Waals surface area contributed by atoms with Gasteiger partial charge in [-0.05, 0) is 48.7 Å². The second kappa shape index (κ2) is 6.57. The number of aliphatic hydroxyl groups excluding tert-OH is 1. The SMILES string of the molecule is Cc1cc(-c2ccco2)c2c(CO)nn(CCc3ccccc3)c2c1. The zero-order valence-corrected chi connectivity index (χ0v) is 14.1. The average Bonchev–Trinajstić information content (AvgIpc) is 3.28. The highest BCUT2D eigenvalue weighted by atomic mass is 16.3. The van der Waals surface area contributed by atoms with E-state index >= 15 is 0 Å². The number of aliphatic hydroxyl groups is 1. The van der Waals surface area contributed by atoms with Crippen molar-refractivity contribution < 1.29 is 9.52 Å². The largest absolute Gasteiger partial charge is 0.464 e. The molecule has 0 bridgehead atoms. The highest BCUT2D eigenvalue weighted by Crippen LogP contribution is 2.33. The summed E-state index contributed by atoms with van der Waals surface area (Å²) in [6.45, 7) is 2.74. The number of aryl methyl sites for hydroxylation is 3. The molecule has 25 heavy (non-hydrogen) atoms. The van der Waals surface area contributed by atoms with Crippen LogP contribution in [0.25, 0.3) is 22.2 Å². The number of hydrogen-bond donors (Lipinski definition) is 1. The third-order valence-electron chi connectivity index (χ3n) is 4.46. The van der Waals surface area contributed by atoms with E-state index < -0.39 is 0 Å². The van der Waals surface area contributed by atoms with Gasteiger partial charge in [-0.1, -0.05) is 30.3 Å². The molecule has 0 unspecified atom stereocenters. The summed E-state index contributed by atoms with van der Waals surface area (Å²) in [6.07, 6.45) is 2.56. The molecule has 0 saturated heterocycles. The Morgan fingerprint density at radius 2 is 1.92 bits per heavy atom. The van der Waals surface area contributed by atoms with Gasteiger partial charge in [0.15, 0.2) is 0 Å². The summed E-state index contributed by atoms with van der Waals surface area (Å²) < 4.78 is 7.60. The van der Waals surface area contributed by atoms with E-state index in [4.69, 9.17) is 4.42 Å². The maximum atomic E-state index is 9.82. The molecule has 0 atom stereocenters. The van der Waals surface area contributed by atoms with Crippen LogP contribution in [0.3, 0.4) is 0 Å². The zero-order chi connectivity index (χ0) is 17.2. The van der Waals surface area contributed by atoms with Crippen LogP contribution < -0.4 is 0 Å². The molecule has 1 N–H and O–H groups in total. The summed E-state index contributed by atoms with van der Waals surface area (Å²) in [5.74, 6) is 0.797. The predicted octanol–water partition coefficient (Wildman–Crippen LogP) is 4.34. The van der Waals surface area contributed by atoms with Crippen molar-refractivity contribution in [1.82, 2.24) is 9.78 Å². The van der Waals surface area contributed by atoms with Crippen LogP contribution in [0.2, 0.25) is 0 Å². The standard InChI is InChI=1S/C21H20N2O2/c1-15-12-17(20-8-5-11-25-20)21-18(14-24)22-23(19(21)13-15)10-9-16-6-3-2-4-7-16/h2-8,11-13,24H,9-10,14H2,1H3. The predicted molar refractivity (Wildman–Crippen MR) is 98.2 cm³/mol. The molecule has 0 aliphatic rings. The Bertz CT molecular complexity index is 986. The molecule has 4 rings (SSSR count). The van der Waals surface area contributed by atoms with E-state index in [-0.39, 0.29) is 6.61 Å². The van der Waals surface area contributed by atoms with Gasteiger partial charge >= 0.3 is 0 Å². The Labute approximate surface area is 146 Å². The molecular formula is C21H20N2O2. The van der Waals surface area contributed by atoms with Crippen molar-refractivity contribution in [3.8, 4) is 11.3 Å². The molecule has 126 valence electrons. The minimum atomic E-state index is -0.0917. The molecule has 2 heterocycles. The third-order valence-corrected chi connectivity index (χ3v) is 4.46. The van der Waals surface area contributed by atoms with E-state index in [1.54, 1.807) is 6.26 Å². The molecule has 4 nitrogen and oxygen atoms in total. The van der Waals surface area contributed by atoms with E-state index in [1.165, 1.54) is 5.56 Å². The third kappa shape index (κ3) is 2.96. The van der Waals surface area contributed by atoms with Crippen LogP contribution in [-0.2, 0) is 19.6 Å². The van der Waals surface area contributed by atoms with Crippen molar-refractivity contribution in [2.75, 3.05) is 0 Å². The number of hydrogen-bond acceptors (Lipinski definition) is 3. The summed E-state index contributed by atoms with van der Waals surface area (Å²) in [4.78, 5) is 0. The Balaban J connectivity index is 1.81. The van der Waals surface area contributed by atoms with Crippen LogP contribution in [-0.4, -0.2) is 14.9 Å². The smallest absolute Gasteiger partial charge is 0.134 e. The van der Waals surface area contributed by atoms with E-state index in [2.05, 4.69) is 48.4 Å². The van der Waals surface area contributed by atoms with Gasteiger partial charge in [0.1, 0.15) is 5.76 Å². The topological polar surface area (TPSA) is 51.2 Å². The van der Waals surface area contributed by atoms with Crippen molar-refractivity contribution in [3.05, 3.63) is 77.7 Å². The molecule has 4 aromatic rings. The maximum Gasteiger partial charge on any atom is 0.134 e. The van der Waals surface area contributed by atoms with Gasteiger partial charge in [0.05, 0.1) is 24.1 Å². The monoisotopic (exact) mass is 332 g/mol. The van der Waals surface area contributed by atoms with Gasteiger partial charge in [-0.3, -0.25) is 4.68 Å². The Hall–Kier alpha value is -2.85. The average molecular weight is 332 g/mol. The summed E-state index contributed by atoms with van der Waals surface area (Å²) in [5.41, 5.74) is 5.12. The normalized spacial score (nSPS) is 11.3. The Kier molecular flexibility index (Phi) is 4.12. The fourth-order valence-corrected chi connectivity index (χ4v) is 3.31. The van der Waals surface area contributed by atoms with E-state index in [1.807, 2.05) is 22.9 Å². The number of benzene rings is 2. The van der Waals surface area contributed by atoms with Crippen molar-refractivity contribution in [3.63, 3.8) is 0 Å². The fraction of sp³-hybridized carbons (Fsp3) is 0.190. The summed E-state index contributed by atoms with van der Waals surface area (Å²) >= 11 is 0. The van der Waals surface area contributed by atoms with Crippen LogP contribution in [0.1, 0.15) is 16.8 Å². The van der Waals surface area contributed by atoms with Gasteiger partial charge in [-0.25, -0.2) is 0 Å². The lowest BCUT2D eigenvalue weighted by molar-refractivity contribution is 0.276. The van der Waals surface area contributed by atoms with Gasteiger partial charge in [0, 0.05) is 17.5 Å². The van der Waals surface area contributed by atoms with Crippen molar-refractivity contribution in [1.29, 1.82) is 0 Å². The molecule has 2 aromatic heterocycles. The number of furan rings is 1. The quantitative estimate of drug-likeness (QED) is 0.591. The molecule has 0 saturated carbocycles. The van der Waals surface area contributed by atoms with Crippen LogP contribution in [0.5, 0.6) is 0 Å². The van der Waals surface area contributed by atoms with Crippen LogP contribution in [0.15, 0.2) is 65.3 Å². The highest BCUT2D eigenvalue weighted by molar-refractivity contribution is 5.96. The number of fused-ring (bicyclic) bond motifs is 1. The zero-order valence-electron chi connectivity index (χ0n) is 14.1. The first-order valence-electron chi connectivity index (χ1n) is 8.45. The molecule has 4 heteroatoms. The van der Waals surface area contributed by atoms with Crippen molar-refractivity contribution >= 4 is 10.9 Å². The van der Waals surface area contributed by atoms with Crippen molar-refractivity contribution in [2.45, 2.75) is 26.5 Å². The minimum absolute atomic E-state index is 0.0917. The molecule has 0 aliphatic heterocycles. The second-order valence-electron chi connectivity index (χ2n) is 6.25. The lowest BCUT2D eigenvalue weighted by atomic mass is 10.0. The number of aromatic nitrogens is 2. The van der Waals surface area contributed by atoms with Gasteiger partial charge in [0.2, 0.25) is 0 Å². The lowest BCUT2D eigenvalue weighted by Crippen LogP contribution is -2.03. The van der Waals surface area contributed by atoms with E-state index in [9.17, 15) is 5.11 Å². The highest BCUT2D eigenvalue weighted by Gasteiger charge is 2.17. The maximum absolute atomic E-state index is 9.82. The van der Waals surface area contributed by atoms with Crippen LogP contribution in [0, 0.1) is 6.92 Å². The first-order valence-corrected chi connectivity index (χ1v) is 8.45. The molecule has 0 radical (unpaired) electrons.